The van der Waals surface area contributed by atoms with Crippen molar-refractivity contribution in [3.8, 4) is 0 Å². The van der Waals surface area contributed by atoms with Gasteiger partial charge in [0, 0.05) is 0 Å². The summed E-state index contributed by atoms with van der Waals surface area (Å²) >= 11 is 0. The van der Waals surface area contributed by atoms with Crippen molar-refractivity contribution in [3.05, 3.63) is 83.4 Å². The number of rotatable bonds is 3. The van der Waals surface area contributed by atoms with Crippen LogP contribution in [0.2, 0.25) is 0 Å². The molecule has 0 radical (unpaired) electrons. The molecule has 0 fully saturated rings. The minimum Gasteiger partial charge on any atom is -0.299 e. The van der Waals surface area contributed by atoms with Gasteiger partial charge in [0.15, 0.2) is 0 Å². The third-order valence-corrected chi connectivity index (χ3v) is 4.01. The molecular formula is C20H18O. The van der Waals surface area contributed by atoms with Gasteiger partial charge in [-0.1, -0.05) is 66.7 Å². The van der Waals surface area contributed by atoms with Gasteiger partial charge >= 0.3 is 0 Å². The number of ketones is 1. The highest BCUT2D eigenvalue weighted by Crippen LogP contribution is 2.30. The van der Waals surface area contributed by atoms with E-state index in [0.29, 0.717) is 0 Å². The predicted molar refractivity (Wildman–Crippen MR) is 87.7 cm³/mol. The fourth-order valence-corrected chi connectivity index (χ4v) is 2.93. The van der Waals surface area contributed by atoms with Crippen LogP contribution in [-0.4, -0.2) is 5.78 Å². The van der Waals surface area contributed by atoms with Crippen LogP contribution in [-0.2, 0) is 4.79 Å². The maximum atomic E-state index is 12.2. The molecule has 0 spiro atoms. The van der Waals surface area contributed by atoms with Crippen molar-refractivity contribution in [2.75, 3.05) is 0 Å². The van der Waals surface area contributed by atoms with Crippen LogP contribution in [0.1, 0.15) is 29.5 Å². The minimum absolute atomic E-state index is 0.180. The highest BCUT2D eigenvalue weighted by molar-refractivity contribution is 5.90. The van der Waals surface area contributed by atoms with E-state index in [0.717, 1.165) is 16.7 Å². The summed E-state index contributed by atoms with van der Waals surface area (Å²) in [6.07, 6.45) is 0. The Kier molecular flexibility index (Phi) is 3.57. The fraction of sp³-hybridized carbons (Fsp3) is 0.150. The smallest absolute Gasteiger partial charge is 0.141 e. The van der Waals surface area contributed by atoms with Crippen molar-refractivity contribution < 1.29 is 4.79 Å². The number of aryl methyl sites for hydroxylation is 1. The van der Waals surface area contributed by atoms with Crippen molar-refractivity contribution in [2.24, 2.45) is 0 Å². The summed E-state index contributed by atoms with van der Waals surface area (Å²) in [7, 11) is 0. The second kappa shape index (κ2) is 5.53. The van der Waals surface area contributed by atoms with Crippen LogP contribution in [0.4, 0.5) is 0 Å². The summed E-state index contributed by atoms with van der Waals surface area (Å²) in [5, 5.41) is 2.38. The lowest BCUT2D eigenvalue weighted by molar-refractivity contribution is -0.117. The first-order valence-corrected chi connectivity index (χ1v) is 7.21. The molecule has 0 heterocycles. The van der Waals surface area contributed by atoms with E-state index in [-0.39, 0.29) is 11.7 Å². The molecule has 0 bridgehead atoms. The van der Waals surface area contributed by atoms with E-state index in [2.05, 4.69) is 49.4 Å². The summed E-state index contributed by atoms with van der Waals surface area (Å²) < 4.78 is 0. The Morgan fingerprint density at radius 3 is 2.24 bits per heavy atom. The van der Waals surface area contributed by atoms with Gasteiger partial charge in [-0.25, -0.2) is 0 Å². The number of hydrogen-bond acceptors (Lipinski definition) is 1. The SMILES string of the molecule is CC(=O)C(c1ccc2ccccc2c1)c1ccccc1C. The van der Waals surface area contributed by atoms with Gasteiger partial charge in [0.2, 0.25) is 0 Å². The summed E-state index contributed by atoms with van der Waals surface area (Å²) in [6, 6.07) is 22.7. The van der Waals surface area contributed by atoms with Gasteiger partial charge in [0.1, 0.15) is 5.78 Å². The average Bonchev–Trinajstić information content (AvgIpc) is 2.49. The first kappa shape index (κ1) is 13.6. The molecule has 3 rings (SSSR count). The van der Waals surface area contributed by atoms with Crippen LogP contribution in [0.5, 0.6) is 0 Å². The van der Waals surface area contributed by atoms with Crippen LogP contribution in [0.15, 0.2) is 66.7 Å². The molecule has 104 valence electrons. The number of fused-ring (bicyclic) bond motifs is 1. The highest BCUT2D eigenvalue weighted by Gasteiger charge is 2.20. The molecule has 3 aromatic carbocycles. The van der Waals surface area contributed by atoms with Gasteiger partial charge in [0.25, 0.3) is 0 Å². The van der Waals surface area contributed by atoms with Crippen LogP contribution >= 0.6 is 0 Å². The quantitative estimate of drug-likeness (QED) is 0.666. The zero-order valence-corrected chi connectivity index (χ0v) is 12.3. The molecule has 3 aromatic rings. The lowest BCUT2D eigenvalue weighted by Gasteiger charge is -2.18. The van der Waals surface area contributed by atoms with Gasteiger partial charge in [-0.05, 0) is 41.3 Å². The van der Waals surface area contributed by atoms with Gasteiger partial charge in [-0.3, -0.25) is 4.79 Å². The van der Waals surface area contributed by atoms with E-state index in [1.54, 1.807) is 6.92 Å². The Hall–Kier alpha value is -2.41. The van der Waals surface area contributed by atoms with E-state index in [1.807, 2.05) is 24.3 Å². The summed E-state index contributed by atoms with van der Waals surface area (Å²) in [6.45, 7) is 3.73. The number of carbonyl (C=O) groups is 1. The Bertz CT molecular complexity index is 802. The third kappa shape index (κ3) is 2.59. The predicted octanol–water partition coefficient (Wildman–Crippen LogP) is 4.87. The van der Waals surface area contributed by atoms with Crippen molar-refractivity contribution in [1.29, 1.82) is 0 Å². The molecule has 1 nitrogen and oxygen atoms in total. The zero-order chi connectivity index (χ0) is 14.8. The molecule has 1 heteroatoms. The lowest BCUT2D eigenvalue weighted by atomic mass is 9.85. The van der Waals surface area contributed by atoms with E-state index >= 15 is 0 Å². The van der Waals surface area contributed by atoms with Crippen LogP contribution < -0.4 is 0 Å². The Balaban J connectivity index is 2.16. The van der Waals surface area contributed by atoms with Crippen molar-refractivity contribution >= 4 is 16.6 Å². The largest absolute Gasteiger partial charge is 0.299 e. The van der Waals surface area contributed by atoms with E-state index in [9.17, 15) is 4.79 Å². The molecule has 1 unspecified atom stereocenters. The van der Waals surface area contributed by atoms with Crippen LogP contribution in [0.25, 0.3) is 10.8 Å². The number of carbonyl (C=O) groups excluding carboxylic acids is 1. The molecule has 0 aliphatic rings. The second-order valence-electron chi connectivity index (χ2n) is 5.51. The Morgan fingerprint density at radius 1 is 0.857 bits per heavy atom. The molecule has 0 N–H and O–H groups in total. The van der Waals surface area contributed by atoms with Crippen LogP contribution in [0.3, 0.4) is 0 Å². The topological polar surface area (TPSA) is 17.1 Å². The molecule has 0 amide bonds. The average molecular weight is 274 g/mol. The van der Waals surface area contributed by atoms with Gasteiger partial charge < -0.3 is 0 Å². The van der Waals surface area contributed by atoms with Crippen molar-refractivity contribution in [1.82, 2.24) is 0 Å². The Morgan fingerprint density at radius 2 is 1.52 bits per heavy atom. The summed E-state index contributed by atoms with van der Waals surface area (Å²) in [4.78, 5) is 12.2. The lowest BCUT2D eigenvalue weighted by Crippen LogP contribution is -2.11. The summed E-state index contributed by atoms with van der Waals surface area (Å²) in [5.41, 5.74) is 3.32. The maximum Gasteiger partial charge on any atom is 0.141 e. The third-order valence-electron chi connectivity index (χ3n) is 4.01. The minimum atomic E-state index is -0.184. The second-order valence-corrected chi connectivity index (χ2v) is 5.51. The normalized spacial score (nSPS) is 12.3. The molecule has 1 atom stereocenters. The van der Waals surface area contributed by atoms with Crippen LogP contribution in [0, 0.1) is 6.92 Å². The zero-order valence-electron chi connectivity index (χ0n) is 12.3. The first-order valence-electron chi connectivity index (χ1n) is 7.21. The standard InChI is InChI=1S/C20H18O/c1-14-7-3-6-10-19(14)20(15(2)21)18-12-11-16-8-4-5-9-17(16)13-18/h3-13,20H,1-2H3. The highest BCUT2D eigenvalue weighted by atomic mass is 16.1. The molecule has 0 aromatic heterocycles. The number of Topliss-reactive ketones (excluding diaryl/α,β-unsaturated/α-hetero) is 1. The first-order chi connectivity index (χ1) is 10.2. The maximum absolute atomic E-state index is 12.2. The van der Waals surface area contributed by atoms with Crippen molar-refractivity contribution in [3.63, 3.8) is 0 Å². The van der Waals surface area contributed by atoms with E-state index < -0.39 is 0 Å². The van der Waals surface area contributed by atoms with Crippen molar-refractivity contribution in [2.45, 2.75) is 19.8 Å². The fourth-order valence-electron chi connectivity index (χ4n) is 2.93. The van der Waals surface area contributed by atoms with Gasteiger partial charge in [-0.15, -0.1) is 0 Å². The number of hydrogen-bond donors (Lipinski definition) is 0. The number of benzene rings is 3. The van der Waals surface area contributed by atoms with E-state index in [1.165, 1.54) is 10.8 Å². The molecule has 0 aliphatic carbocycles. The molecular weight excluding hydrogens is 256 g/mol. The van der Waals surface area contributed by atoms with Gasteiger partial charge in [0.05, 0.1) is 5.92 Å². The van der Waals surface area contributed by atoms with Gasteiger partial charge in [-0.2, -0.15) is 0 Å². The molecule has 0 saturated heterocycles. The molecule has 0 saturated carbocycles. The molecule has 0 aliphatic heterocycles. The Labute approximate surface area is 125 Å². The summed E-state index contributed by atoms with van der Waals surface area (Å²) in [5.74, 6) is -0.00427. The molecule has 21 heavy (non-hydrogen) atoms. The monoisotopic (exact) mass is 274 g/mol. The van der Waals surface area contributed by atoms with E-state index in [4.69, 9.17) is 0 Å².